The Bertz CT molecular complexity index is 107. The van der Waals surface area contributed by atoms with E-state index in [0.29, 0.717) is 6.54 Å². The molecule has 0 atom stereocenters. The number of hydrogen-bond donors (Lipinski definition) is 1. The van der Waals surface area contributed by atoms with Gasteiger partial charge in [-0.25, -0.2) is 0 Å². The van der Waals surface area contributed by atoms with Crippen LogP contribution in [0.25, 0.3) is 0 Å². The van der Waals surface area contributed by atoms with Gasteiger partial charge in [-0.15, -0.1) is 0 Å². The van der Waals surface area contributed by atoms with Crippen molar-refractivity contribution in [1.82, 2.24) is 0 Å². The Kier molecular flexibility index (Phi) is 5.19. The van der Waals surface area contributed by atoms with Crippen LogP contribution in [0.15, 0.2) is 11.6 Å². The second-order valence-corrected chi connectivity index (χ2v) is 1.07. The summed E-state index contributed by atoms with van der Waals surface area (Å²) in [5.41, 5.74) is 6.37. The normalized spacial score (nSPS) is 8.29. The van der Waals surface area contributed by atoms with Gasteiger partial charge < -0.3 is 5.73 Å². The van der Waals surface area contributed by atoms with Crippen LogP contribution < -0.4 is 5.73 Å². The van der Waals surface area contributed by atoms with Crippen LogP contribution in [0.1, 0.15) is 0 Å². The molecule has 0 spiro atoms. The number of rotatable bonds is 0. The van der Waals surface area contributed by atoms with Crippen molar-refractivity contribution in [2.24, 2.45) is 5.73 Å². The van der Waals surface area contributed by atoms with E-state index in [1.807, 2.05) is 0 Å². The molecular weight excluding hydrogens is 110 g/mol. The minimum atomic E-state index is 0.390. The van der Waals surface area contributed by atoms with E-state index in [0.717, 1.165) is 0 Å². The van der Waals surface area contributed by atoms with Gasteiger partial charge in [0.2, 0.25) is 0 Å². The Morgan fingerprint density at radius 2 is 2.43 bits per heavy atom. The summed E-state index contributed by atoms with van der Waals surface area (Å²) in [6.45, 7) is 0.390. The first-order valence-corrected chi connectivity index (χ1v) is 2.29. The van der Waals surface area contributed by atoms with Gasteiger partial charge in [-0.3, -0.25) is 0 Å². The Morgan fingerprint density at radius 3 is 2.86 bits per heavy atom. The van der Waals surface area contributed by atoms with Crippen LogP contribution in [0.2, 0.25) is 0 Å². The number of hydrogen-bond acceptors (Lipinski definition) is 1. The summed E-state index contributed by atoms with van der Waals surface area (Å²) in [5, 5.41) is 0. The highest BCUT2D eigenvalue weighted by atomic mass is 35.5. The van der Waals surface area contributed by atoms with Crippen molar-refractivity contribution in [3.05, 3.63) is 11.6 Å². The highest BCUT2D eigenvalue weighted by molar-refractivity contribution is 6.25. The molecule has 0 aliphatic carbocycles. The molecule has 1 nitrogen and oxygen atoms in total. The second kappa shape index (κ2) is 5.55. The SMILES string of the molecule is NCC#C/C=C\Cl. The third-order valence-electron chi connectivity index (χ3n) is 0.350. The molecule has 0 saturated carbocycles. The van der Waals surface area contributed by atoms with Crippen LogP contribution in [-0.2, 0) is 0 Å². The first-order valence-electron chi connectivity index (χ1n) is 1.85. The molecule has 0 rings (SSSR count). The Labute approximate surface area is 48.2 Å². The molecule has 0 heterocycles. The van der Waals surface area contributed by atoms with Crippen LogP contribution in [0.5, 0.6) is 0 Å². The largest absolute Gasteiger partial charge is 0.320 e. The molecule has 0 radical (unpaired) electrons. The van der Waals surface area contributed by atoms with Gasteiger partial charge in [-0.2, -0.15) is 0 Å². The van der Waals surface area contributed by atoms with Crippen LogP contribution in [0.4, 0.5) is 0 Å². The lowest BCUT2D eigenvalue weighted by molar-refractivity contribution is 1.30. The quantitative estimate of drug-likeness (QED) is 0.462. The molecule has 0 aromatic rings. The molecule has 2 N–H and O–H groups in total. The fourth-order valence-corrected chi connectivity index (χ4v) is 0.212. The third-order valence-corrected chi connectivity index (χ3v) is 0.476. The molecule has 0 fully saturated rings. The second-order valence-electron chi connectivity index (χ2n) is 0.818. The Hall–Kier alpha value is -0.450. The standard InChI is InChI=1S/C5H6ClN/c6-4-2-1-3-5-7/h2,4H,5,7H2/b4-2-. The van der Waals surface area contributed by atoms with Gasteiger partial charge in [0.25, 0.3) is 0 Å². The van der Waals surface area contributed by atoms with Crippen molar-refractivity contribution in [3.8, 4) is 11.8 Å². The highest BCUT2D eigenvalue weighted by Gasteiger charge is 1.54. The molecule has 0 saturated heterocycles. The zero-order valence-electron chi connectivity index (χ0n) is 3.82. The maximum atomic E-state index is 5.11. The summed E-state index contributed by atoms with van der Waals surface area (Å²) in [5.74, 6) is 5.20. The lowest BCUT2D eigenvalue weighted by atomic mass is 10.6. The van der Waals surface area contributed by atoms with Gasteiger partial charge in [0.05, 0.1) is 6.54 Å². The maximum Gasteiger partial charge on any atom is 0.0554 e. The van der Waals surface area contributed by atoms with E-state index >= 15 is 0 Å². The highest BCUT2D eigenvalue weighted by Crippen LogP contribution is 1.72. The molecule has 0 bridgehead atoms. The molecule has 0 aliphatic rings. The first-order chi connectivity index (χ1) is 3.41. The van der Waals surface area contributed by atoms with E-state index in [1.165, 1.54) is 11.6 Å². The van der Waals surface area contributed by atoms with Crippen molar-refractivity contribution in [2.75, 3.05) is 6.54 Å². The summed E-state index contributed by atoms with van der Waals surface area (Å²) in [4.78, 5) is 0. The molecule has 38 valence electrons. The molecule has 0 aromatic heterocycles. The van der Waals surface area contributed by atoms with Crippen molar-refractivity contribution in [2.45, 2.75) is 0 Å². The van der Waals surface area contributed by atoms with Crippen LogP contribution in [0, 0.1) is 11.8 Å². The average molecular weight is 116 g/mol. The zero-order chi connectivity index (χ0) is 5.54. The average Bonchev–Trinajstić information content (AvgIpc) is 1.69. The van der Waals surface area contributed by atoms with Gasteiger partial charge >= 0.3 is 0 Å². The van der Waals surface area contributed by atoms with Crippen LogP contribution in [-0.4, -0.2) is 6.54 Å². The number of nitrogens with two attached hydrogens (primary N) is 1. The lowest BCUT2D eigenvalue weighted by Gasteiger charge is -1.64. The van der Waals surface area contributed by atoms with Gasteiger partial charge in [0, 0.05) is 5.54 Å². The zero-order valence-corrected chi connectivity index (χ0v) is 4.57. The summed E-state index contributed by atoms with van der Waals surface area (Å²) >= 11 is 5.11. The maximum absolute atomic E-state index is 5.11. The van der Waals surface area contributed by atoms with Crippen molar-refractivity contribution < 1.29 is 0 Å². The molecule has 0 aromatic carbocycles. The predicted molar refractivity (Wildman–Crippen MR) is 31.8 cm³/mol. The monoisotopic (exact) mass is 115 g/mol. The summed E-state index contributed by atoms with van der Waals surface area (Å²) in [7, 11) is 0. The molecule has 0 aliphatic heterocycles. The van der Waals surface area contributed by atoms with Crippen molar-refractivity contribution in [1.29, 1.82) is 0 Å². The molecule has 0 amide bonds. The molecule has 0 unspecified atom stereocenters. The minimum absolute atomic E-state index is 0.390. The molecular formula is C5H6ClN. The number of allylic oxidation sites excluding steroid dienone is 1. The molecule has 7 heavy (non-hydrogen) atoms. The van der Waals surface area contributed by atoms with Gasteiger partial charge in [0.1, 0.15) is 0 Å². The van der Waals surface area contributed by atoms with E-state index in [-0.39, 0.29) is 0 Å². The summed E-state index contributed by atoms with van der Waals surface area (Å²) < 4.78 is 0. The van der Waals surface area contributed by atoms with Crippen LogP contribution in [0.3, 0.4) is 0 Å². The van der Waals surface area contributed by atoms with E-state index in [4.69, 9.17) is 17.3 Å². The smallest absolute Gasteiger partial charge is 0.0554 e. The van der Waals surface area contributed by atoms with E-state index < -0.39 is 0 Å². The minimum Gasteiger partial charge on any atom is -0.320 e. The van der Waals surface area contributed by atoms with E-state index in [2.05, 4.69) is 11.8 Å². The van der Waals surface area contributed by atoms with E-state index in [9.17, 15) is 0 Å². The van der Waals surface area contributed by atoms with Gasteiger partial charge in [-0.05, 0) is 6.08 Å². The van der Waals surface area contributed by atoms with Gasteiger partial charge in [0.15, 0.2) is 0 Å². The lowest BCUT2D eigenvalue weighted by Crippen LogP contribution is -1.92. The predicted octanol–water partition coefficient (Wildman–Crippen LogP) is 0.701. The third kappa shape index (κ3) is 5.55. The Morgan fingerprint density at radius 1 is 1.71 bits per heavy atom. The fraction of sp³-hybridized carbons (Fsp3) is 0.200. The van der Waals surface area contributed by atoms with Crippen LogP contribution >= 0.6 is 11.6 Å². The summed E-state index contributed by atoms with van der Waals surface area (Å²) in [6, 6.07) is 0. The van der Waals surface area contributed by atoms with E-state index in [1.54, 1.807) is 0 Å². The van der Waals surface area contributed by atoms with Crippen molar-refractivity contribution >= 4 is 11.6 Å². The van der Waals surface area contributed by atoms with Gasteiger partial charge in [-0.1, -0.05) is 23.4 Å². The van der Waals surface area contributed by atoms with Crippen molar-refractivity contribution in [3.63, 3.8) is 0 Å². The molecule has 2 heteroatoms. The Balaban J connectivity index is 3.25. The topological polar surface area (TPSA) is 26.0 Å². The summed E-state index contributed by atoms with van der Waals surface area (Å²) in [6.07, 6.45) is 1.54. The number of halogens is 1. The fourth-order valence-electron chi connectivity index (χ4n) is 0.149. The first kappa shape index (κ1) is 6.55.